The third kappa shape index (κ3) is 4.20. The van der Waals surface area contributed by atoms with Crippen molar-refractivity contribution in [2.45, 2.75) is 57.9 Å². The van der Waals surface area contributed by atoms with Gasteiger partial charge in [0.05, 0.1) is 0 Å². The van der Waals surface area contributed by atoms with E-state index in [1.807, 2.05) is 4.90 Å². The van der Waals surface area contributed by atoms with Gasteiger partial charge in [-0.25, -0.2) is 0 Å². The maximum absolute atomic E-state index is 11.8. The molecule has 0 aromatic carbocycles. The first-order valence-electron chi connectivity index (χ1n) is 6.25. The number of amides is 1. The summed E-state index contributed by atoms with van der Waals surface area (Å²) in [5.74, 6) is 0.354. The van der Waals surface area contributed by atoms with Crippen molar-refractivity contribution < 1.29 is 4.79 Å². The van der Waals surface area contributed by atoms with E-state index in [1.165, 1.54) is 19.3 Å². The van der Waals surface area contributed by atoms with Gasteiger partial charge in [0.2, 0.25) is 5.91 Å². The molecule has 2 N–H and O–H groups in total. The quantitative estimate of drug-likeness (QED) is 0.684. The van der Waals surface area contributed by atoms with E-state index in [9.17, 15) is 4.79 Å². The molecule has 1 fully saturated rings. The van der Waals surface area contributed by atoms with Crippen LogP contribution in [0.25, 0.3) is 0 Å². The van der Waals surface area contributed by atoms with Gasteiger partial charge in [-0.15, -0.1) is 0 Å². The van der Waals surface area contributed by atoms with Crippen LogP contribution in [-0.4, -0.2) is 29.9 Å². The van der Waals surface area contributed by atoms with Gasteiger partial charge in [0.25, 0.3) is 0 Å². The summed E-state index contributed by atoms with van der Waals surface area (Å²) in [5, 5.41) is 0. The molecular formula is C12H24N2O. The molecule has 0 saturated carbocycles. The zero-order valence-electron chi connectivity index (χ0n) is 9.87. The lowest BCUT2D eigenvalue weighted by molar-refractivity contribution is -0.131. The predicted molar refractivity (Wildman–Crippen MR) is 62.5 cm³/mol. The van der Waals surface area contributed by atoms with Crippen LogP contribution in [0.15, 0.2) is 0 Å². The Morgan fingerprint density at radius 3 is 2.67 bits per heavy atom. The monoisotopic (exact) mass is 212 g/mol. The van der Waals surface area contributed by atoms with Crippen molar-refractivity contribution in [1.82, 2.24) is 4.90 Å². The predicted octanol–water partition coefficient (Wildman–Crippen LogP) is 1.91. The molecule has 0 aromatic rings. The fraction of sp³-hybridized carbons (Fsp3) is 0.917. The summed E-state index contributed by atoms with van der Waals surface area (Å²) in [4.78, 5) is 13.8. The first-order valence-corrected chi connectivity index (χ1v) is 6.25. The highest BCUT2D eigenvalue weighted by Gasteiger charge is 2.23. The van der Waals surface area contributed by atoms with Crippen molar-refractivity contribution in [2.75, 3.05) is 13.1 Å². The van der Waals surface area contributed by atoms with Crippen LogP contribution in [0.3, 0.4) is 0 Å². The highest BCUT2D eigenvalue weighted by molar-refractivity contribution is 5.76. The molecule has 3 nitrogen and oxygen atoms in total. The summed E-state index contributed by atoms with van der Waals surface area (Å²) in [7, 11) is 0. The minimum absolute atomic E-state index is 0.354. The van der Waals surface area contributed by atoms with E-state index in [0.29, 0.717) is 11.9 Å². The molecule has 1 amide bonds. The third-order valence-corrected chi connectivity index (χ3v) is 3.22. The minimum Gasteiger partial charge on any atom is -0.340 e. The summed E-state index contributed by atoms with van der Waals surface area (Å²) in [5.41, 5.74) is 5.41. The van der Waals surface area contributed by atoms with Crippen LogP contribution in [0.5, 0.6) is 0 Å². The van der Waals surface area contributed by atoms with Crippen molar-refractivity contribution in [3.63, 3.8) is 0 Å². The number of nitrogens with two attached hydrogens (primary N) is 1. The first-order chi connectivity index (χ1) is 7.25. The Morgan fingerprint density at radius 2 is 2.07 bits per heavy atom. The number of rotatable bonds is 6. The molecule has 1 unspecified atom stereocenters. The topological polar surface area (TPSA) is 46.3 Å². The van der Waals surface area contributed by atoms with Gasteiger partial charge in [0.1, 0.15) is 0 Å². The molecule has 1 aliphatic rings. The van der Waals surface area contributed by atoms with Gasteiger partial charge < -0.3 is 10.6 Å². The Balaban J connectivity index is 2.08. The zero-order valence-corrected chi connectivity index (χ0v) is 9.87. The Bertz CT molecular complexity index is 194. The smallest absolute Gasteiger partial charge is 0.222 e. The molecule has 1 atom stereocenters. The number of unbranched alkanes of at least 4 members (excludes halogenated alkanes) is 3. The molecule has 0 aromatic heterocycles. The van der Waals surface area contributed by atoms with Crippen LogP contribution < -0.4 is 5.73 Å². The fourth-order valence-corrected chi connectivity index (χ4v) is 2.22. The van der Waals surface area contributed by atoms with E-state index >= 15 is 0 Å². The molecule has 0 bridgehead atoms. The number of nitrogens with zero attached hydrogens (tertiary/aromatic N) is 1. The average Bonchev–Trinajstić information content (AvgIpc) is 2.64. The lowest BCUT2D eigenvalue weighted by Crippen LogP contribution is -2.33. The lowest BCUT2D eigenvalue weighted by atomic mass is 10.1. The average molecular weight is 212 g/mol. The van der Waals surface area contributed by atoms with Gasteiger partial charge in [-0.2, -0.15) is 0 Å². The highest BCUT2D eigenvalue weighted by atomic mass is 16.2. The van der Waals surface area contributed by atoms with Gasteiger partial charge in [-0.3, -0.25) is 4.79 Å². The second-order valence-electron chi connectivity index (χ2n) is 4.53. The molecule has 0 aliphatic carbocycles. The molecule has 1 aliphatic heterocycles. The standard InChI is InChI=1S/C12H24N2O/c1-11-7-6-10-14(11)12(15)8-4-2-3-5-9-13/h11H,2-10,13H2,1H3. The number of carbonyl (C=O) groups is 1. The molecule has 0 radical (unpaired) electrons. The van der Waals surface area contributed by atoms with Gasteiger partial charge in [0.15, 0.2) is 0 Å². The normalized spacial score (nSPS) is 20.9. The molecule has 1 heterocycles. The molecule has 0 spiro atoms. The molecule has 3 heteroatoms. The number of carbonyl (C=O) groups excluding carboxylic acids is 1. The van der Waals surface area contributed by atoms with Crippen LogP contribution in [0.1, 0.15) is 51.9 Å². The Hall–Kier alpha value is -0.570. The molecule has 1 saturated heterocycles. The van der Waals surface area contributed by atoms with E-state index < -0.39 is 0 Å². The summed E-state index contributed by atoms with van der Waals surface area (Å²) in [6.07, 6.45) is 7.52. The second kappa shape index (κ2) is 6.83. The highest BCUT2D eigenvalue weighted by Crippen LogP contribution is 2.18. The van der Waals surface area contributed by atoms with Crippen LogP contribution in [-0.2, 0) is 4.79 Å². The Kier molecular flexibility index (Phi) is 5.69. The third-order valence-electron chi connectivity index (χ3n) is 3.22. The molecule has 1 rings (SSSR count). The number of likely N-dealkylation sites (tertiary alicyclic amines) is 1. The SMILES string of the molecule is CC1CCCN1C(=O)CCCCCCN. The fourth-order valence-electron chi connectivity index (χ4n) is 2.22. The summed E-state index contributed by atoms with van der Waals surface area (Å²) < 4.78 is 0. The van der Waals surface area contributed by atoms with Crippen LogP contribution >= 0.6 is 0 Å². The van der Waals surface area contributed by atoms with E-state index in [2.05, 4.69) is 6.92 Å². The van der Waals surface area contributed by atoms with E-state index in [4.69, 9.17) is 5.73 Å². The second-order valence-corrected chi connectivity index (χ2v) is 4.53. The Morgan fingerprint density at radius 1 is 1.33 bits per heavy atom. The Labute approximate surface area is 93.0 Å². The van der Waals surface area contributed by atoms with Gasteiger partial charge in [0, 0.05) is 19.0 Å². The van der Waals surface area contributed by atoms with Crippen LogP contribution in [0.2, 0.25) is 0 Å². The summed E-state index contributed by atoms with van der Waals surface area (Å²) >= 11 is 0. The lowest BCUT2D eigenvalue weighted by Gasteiger charge is -2.21. The van der Waals surface area contributed by atoms with E-state index in [1.54, 1.807) is 0 Å². The number of hydrogen-bond acceptors (Lipinski definition) is 2. The number of hydrogen-bond donors (Lipinski definition) is 1. The first kappa shape index (κ1) is 12.5. The molecular weight excluding hydrogens is 188 g/mol. The minimum atomic E-state index is 0.354. The van der Waals surface area contributed by atoms with Gasteiger partial charge in [-0.05, 0) is 39.2 Å². The molecule has 15 heavy (non-hydrogen) atoms. The summed E-state index contributed by atoms with van der Waals surface area (Å²) in [6.45, 7) is 3.90. The van der Waals surface area contributed by atoms with E-state index in [0.717, 1.165) is 38.8 Å². The van der Waals surface area contributed by atoms with Gasteiger partial charge >= 0.3 is 0 Å². The van der Waals surface area contributed by atoms with Crippen LogP contribution in [0, 0.1) is 0 Å². The van der Waals surface area contributed by atoms with Crippen molar-refractivity contribution >= 4 is 5.91 Å². The zero-order chi connectivity index (χ0) is 11.1. The van der Waals surface area contributed by atoms with Crippen molar-refractivity contribution in [1.29, 1.82) is 0 Å². The van der Waals surface area contributed by atoms with Crippen molar-refractivity contribution in [3.05, 3.63) is 0 Å². The van der Waals surface area contributed by atoms with Crippen molar-refractivity contribution in [2.24, 2.45) is 5.73 Å². The maximum Gasteiger partial charge on any atom is 0.222 e. The summed E-state index contributed by atoms with van der Waals surface area (Å²) in [6, 6.07) is 0.474. The maximum atomic E-state index is 11.8. The molecule has 88 valence electrons. The van der Waals surface area contributed by atoms with Gasteiger partial charge in [-0.1, -0.05) is 12.8 Å². The van der Waals surface area contributed by atoms with E-state index in [-0.39, 0.29) is 0 Å². The van der Waals surface area contributed by atoms with Crippen molar-refractivity contribution in [3.8, 4) is 0 Å². The van der Waals surface area contributed by atoms with Crippen LogP contribution in [0.4, 0.5) is 0 Å². The largest absolute Gasteiger partial charge is 0.340 e.